The monoisotopic (exact) mass is 282 g/mol. The number of nitrogens with two attached hydrogens (primary N) is 1. The van der Waals surface area contributed by atoms with E-state index in [-0.39, 0.29) is 11.9 Å². The first-order valence-corrected chi connectivity index (χ1v) is 5.92. The molecular formula is C13H13F3N4. The van der Waals surface area contributed by atoms with Crippen LogP contribution >= 0.6 is 0 Å². The molecule has 0 saturated carbocycles. The van der Waals surface area contributed by atoms with E-state index < -0.39 is 11.9 Å². The maximum Gasteiger partial charge on any atom is 0.435 e. The molecule has 106 valence electrons. The number of nitrogens with zero attached hydrogens (tertiary/aromatic N) is 2. The predicted octanol–water partition coefficient (Wildman–Crippen LogP) is 2.61. The molecule has 0 saturated heterocycles. The van der Waals surface area contributed by atoms with E-state index in [4.69, 9.17) is 5.73 Å². The summed E-state index contributed by atoms with van der Waals surface area (Å²) in [4.78, 5) is 0. The normalized spacial score (nSPS) is 13.0. The lowest BCUT2D eigenvalue weighted by Crippen LogP contribution is -2.21. The average Bonchev–Trinajstić information content (AvgIpc) is 2.45. The van der Waals surface area contributed by atoms with Gasteiger partial charge >= 0.3 is 6.18 Å². The van der Waals surface area contributed by atoms with Gasteiger partial charge in [-0.25, -0.2) is 0 Å². The summed E-state index contributed by atoms with van der Waals surface area (Å²) in [6.07, 6.45) is -4.48. The van der Waals surface area contributed by atoms with Gasteiger partial charge in [0.2, 0.25) is 0 Å². The van der Waals surface area contributed by atoms with Crippen molar-refractivity contribution in [1.82, 2.24) is 10.2 Å². The molecule has 0 bridgehead atoms. The van der Waals surface area contributed by atoms with Crippen molar-refractivity contribution in [2.75, 3.05) is 11.9 Å². The van der Waals surface area contributed by atoms with Gasteiger partial charge in [0.15, 0.2) is 5.69 Å². The summed E-state index contributed by atoms with van der Waals surface area (Å²) in [5.74, 6) is 0.254. The van der Waals surface area contributed by atoms with Gasteiger partial charge in [-0.15, -0.1) is 10.2 Å². The summed E-state index contributed by atoms with van der Waals surface area (Å²) in [5.41, 5.74) is 5.86. The molecule has 1 unspecified atom stereocenters. The molecule has 1 heterocycles. The van der Waals surface area contributed by atoms with Crippen molar-refractivity contribution in [3.63, 3.8) is 0 Å². The average molecular weight is 282 g/mol. The van der Waals surface area contributed by atoms with Crippen LogP contribution in [0, 0.1) is 0 Å². The molecule has 7 heteroatoms. The van der Waals surface area contributed by atoms with E-state index in [1.54, 1.807) is 0 Å². The van der Waals surface area contributed by atoms with Crippen LogP contribution < -0.4 is 11.1 Å². The lowest BCUT2D eigenvalue weighted by molar-refractivity contribution is -0.141. The fourth-order valence-electron chi connectivity index (χ4n) is 1.61. The van der Waals surface area contributed by atoms with E-state index in [0.29, 0.717) is 6.54 Å². The Kier molecular flexibility index (Phi) is 4.19. The van der Waals surface area contributed by atoms with Crippen molar-refractivity contribution in [3.05, 3.63) is 53.7 Å². The summed E-state index contributed by atoms with van der Waals surface area (Å²) in [6, 6.07) is 11.2. The third kappa shape index (κ3) is 3.67. The Balaban J connectivity index is 1.94. The maximum atomic E-state index is 12.3. The first-order chi connectivity index (χ1) is 9.47. The lowest BCUT2D eigenvalue weighted by Gasteiger charge is -2.13. The van der Waals surface area contributed by atoms with Crippen molar-refractivity contribution in [2.45, 2.75) is 12.2 Å². The lowest BCUT2D eigenvalue weighted by atomic mass is 10.1. The van der Waals surface area contributed by atoms with Crippen LogP contribution in [0.25, 0.3) is 0 Å². The minimum atomic E-state index is -4.48. The van der Waals surface area contributed by atoms with Crippen LogP contribution in [-0.4, -0.2) is 16.7 Å². The zero-order chi connectivity index (χ0) is 14.6. The molecular weight excluding hydrogens is 269 g/mol. The van der Waals surface area contributed by atoms with Crippen LogP contribution in [0.5, 0.6) is 0 Å². The van der Waals surface area contributed by atoms with E-state index in [9.17, 15) is 13.2 Å². The Morgan fingerprint density at radius 3 is 2.30 bits per heavy atom. The molecule has 4 nitrogen and oxygen atoms in total. The standard InChI is InChI=1S/C13H13F3N4/c14-13(15,16)11-6-7-12(20-19-11)18-8-10(17)9-4-2-1-3-5-9/h1-7,10H,8,17H2,(H,18,20). The second kappa shape index (κ2) is 5.87. The molecule has 2 rings (SSSR count). The van der Waals surface area contributed by atoms with E-state index in [1.165, 1.54) is 6.07 Å². The van der Waals surface area contributed by atoms with Gasteiger partial charge in [-0.05, 0) is 17.7 Å². The van der Waals surface area contributed by atoms with Gasteiger partial charge in [0.25, 0.3) is 0 Å². The number of alkyl halides is 3. The molecule has 0 spiro atoms. The van der Waals surface area contributed by atoms with E-state index in [0.717, 1.165) is 11.6 Å². The van der Waals surface area contributed by atoms with Crippen molar-refractivity contribution < 1.29 is 13.2 Å². The molecule has 0 aliphatic heterocycles. The van der Waals surface area contributed by atoms with Gasteiger partial charge in [-0.1, -0.05) is 30.3 Å². The molecule has 1 atom stereocenters. The maximum absolute atomic E-state index is 12.3. The van der Waals surface area contributed by atoms with Gasteiger partial charge < -0.3 is 11.1 Å². The number of nitrogens with one attached hydrogen (secondary N) is 1. The number of hydrogen-bond acceptors (Lipinski definition) is 4. The Labute approximate surface area is 113 Å². The second-order valence-electron chi connectivity index (χ2n) is 4.20. The first-order valence-electron chi connectivity index (χ1n) is 5.92. The topological polar surface area (TPSA) is 63.8 Å². The zero-order valence-electron chi connectivity index (χ0n) is 10.4. The highest BCUT2D eigenvalue weighted by Crippen LogP contribution is 2.27. The van der Waals surface area contributed by atoms with Gasteiger partial charge in [0.05, 0.1) is 0 Å². The quantitative estimate of drug-likeness (QED) is 0.904. The van der Waals surface area contributed by atoms with Gasteiger partial charge in [-0.3, -0.25) is 0 Å². The minimum absolute atomic E-state index is 0.254. The van der Waals surface area contributed by atoms with Crippen LogP contribution in [0.15, 0.2) is 42.5 Å². The summed E-state index contributed by atoms with van der Waals surface area (Å²) in [5, 5.41) is 9.45. The first kappa shape index (κ1) is 14.3. The molecule has 0 fully saturated rings. The predicted molar refractivity (Wildman–Crippen MR) is 68.9 cm³/mol. The fourth-order valence-corrected chi connectivity index (χ4v) is 1.61. The van der Waals surface area contributed by atoms with Crippen LogP contribution in [0.2, 0.25) is 0 Å². The number of benzene rings is 1. The number of hydrogen-bond donors (Lipinski definition) is 2. The summed E-state index contributed by atoms with van der Waals surface area (Å²) >= 11 is 0. The molecule has 2 aromatic rings. The molecule has 20 heavy (non-hydrogen) atoms. The summed E-state index contributed by atoms with van der Waals surface area (Å²) < 4.78 is 36.9. The molecule has 1 aromatic heterocycles. The van der Waals surface area contributed by atoms with E-state index in [2.05, 4.69) is 15.5 Å². The molecule has 0 amide bonds. The van der Waals surface area contributed by atoms with Crippen LogP contribution in [-0.2, 0) is 6.18 Å². The van der Waals surface area contributed by atoms with E-state index >= 15 is 0 Å². The molecule has 0 radical (unpaired) electrons. The van der Waals surface area contributed by atoms with Crippen LogP contribution in [0.4, 0.5) is 19.0 Å². The second-order valence-corrected chi connectivity index (χ2v) is 4.20. The van der Waals surface area contributed by atoms with Gasteiger partial charge in [-0.2, -0.15) is 13.2 Å². The van der Waals surface area contributed by atoms with Gasteiger partial charge in [0, 0.05) is 12.6 Å². The SMILES string of the molecule is NC(CNc1ccc(C(F)(F)F)nn1)c1ccccc1. The van der Waals surface area contributed by atoms with Gasteiger partial charge in [0.1, 0.15) is 5.82 Å². The number of rotatable bonds is 4. The Bertz CT molecular complexity index is 540. The Morgan fingerprint density at radius 1 is 1.05 bits per heavy atom. The Morgan fingerprint density at radius 2 is 1.75 bits per heavy atom. The van der Waals surface area contributed by atoms with Crippen molar-refractivity contribution in [2.24, 2.45) is 5.73 Å². The highest BCUT2D eigenvalue weighted by atomic mass is 19.4. The smallest absolute Gasteiger partial charge is 0.367 e. The molecule has 1 aromatic carbocycles. The van der Waals surface area contributed by atoms with E-state index in [1.807, 2.05) is 30.3 Å². The Hall–Kier alpha value is -2.15. The van der Waals surface area contributed by atoms with Crippen molar-refractivity contribution in [1.29, 1.82) is 0 Å². The fraction of sp³-hybridized carbons (Fsp3) is 0.231. The van der Waals surface area contributed by atoms with Crippen LogP contribution in [0.3, 0.4) is 0 Å². The minimum Gasteiger partial charge on any atom is -0.367 e. The van der Waals surface area contributed by atoms with Crippen molar-refractivity contribution >= 4 is 5.82 Å². The van der Waals surface area contributed by atoms with Crippen molar-refractivity contribution in [3.8, 4) is 0 Å². The molecule has 3 N–H and O–H groups in total. The summed E-state index contributed by atoms with van der Waals surface area (Å²) in [7, 11) is 0. The summed E-state index contributed by atoms with van der Waals surface area (Å²) in [6.45, 7) is 0.351. The number of aromatic nitrogens is 2. The highest BCUT2D eigenvalue weighted by Gasteiger charge is 2.32. The van der Waals surface area contributed by atoms with Crippen LogP contribution in [0.1, 0.15) is 17.3 Å². The number of halogens is 3. The highest BCUT2D eigenvalue weighted by molar-refractivity contribution is 5.34. The zero-order valence-corrected chi connectivity index (χ0v) is 10.4. The third-order valence-corrected chi connectivity index (χ3v) is 2.69. The largest absolute Gasteiger partial charge is 0.435 e. The molecule has 0 aliphatic rings. The number of anilines is 1. The molecule has 0 aliphatic carbocycles. The third-order valence-electron chi connectivity index (χ3n) is 2.69.